The van der Waals surface area contributed by atoms with E-state index in [9.17, 15) is 9.59 Å². The van der Waals surface area contributed by atoms with Crippen molar-refractivity contribution in [2.45, 2.75) is 19.4 Å². The predicted octanol–water partition coefficient (Wildman–Crippen LogP) is 3.77. The van der Waals surface area contributed by atoms with Crippen molar-refractivity contribution in [3.63, 3.8) is 0 Å². The lowest BCUT2D eigenvalue weighted by molar-refractivity contribution is -0.146. The molecule has 0 spiro atoms. The van der Waals surface area contributed by atoms with Gasteiger partial charge in [0.05, 0.1) is 24.7 Å². The fourth-order valence-electron chi connectivity index (χ4n) is 3.38. The number of pyridine rings is 1. The van der Waals surface area contributed by atoms with Gasteiger partial charge in [-0.05, 0) is 60.4 Å². The smallest absolute Gasteiger partial charge is 0.311 e. The zero-order valence-electron chi connectivity index (χ0n) is 17.4. The molecule has 0 aliphatic rings. The summed E-state index contributed by atoms with van der Waals surface area (Å²) in [4.78, 5) is 29.2. The molecule has 1 heterocycles. The normalized spacial score (nSPS) is 12.3. The zero-order chi connectivity index (χ0) is 22.2. The van der Waals surface area contributed by atoms with E-state index in [0.717, 1.165) is 16.7 Å². The summed E-state index contributed by atoms with van der Waals surface area (Å²) in [5.41, 5.74) is 3.77. The first-order valence-electron chi connectivity index (χ1n) is 9.90. The van der Waals surface area contributed by atoms with Crippen LogP contribution < -0.4 is 5.32 Å². The number of hydrogen-bond acceptors (Lipinski definition) is 5. The number of amides is 1. The van der Waals surface area contributed by atoms with Crippen LogP contribution in [0.2, 0.25) is 0 Å². The van der Waals surface area contributed by atoms with Crippen LogP contribution in [-0.2, 0) is 16.0 Å². The van der Waals surface area contributed by atoms with E-state index in [0.29, 0.717) is 17.5 Å². The molecule has 31 heavy (non-hydrogen) atoms. The van der Waals surface area contributed by atoms with E-state index in [1.807, 2.05) is 30.3 Å². The molecule has 0 saturated carbocycles. The molecule has 0 aliphatic carbocycles. The number of rotatable bonds is 7. The quantitative estimate of drug-likeness (QED) is 0.595. The molecular formula is C25H23N3O3. The lowest BCUT2D eigenvalue weighted by Gasteiger charge is -2.23. The predicted molar refractivity (Wildman–Crippen MR) is 117 cm³/mol. The number of esters is 1. The number of nitriles is 1. The Hall–Kier alpha value is -3.98. The summed E-state index contributed by atoms with van der Waals surface area (Å²) in [7, 11) is 1.33. The molecule has 2 atom stereocenters. The molecule has 3 rings (SSSR count). The largest absolute Gasteiger partial charge is 0.469 e. The standard InChI is InChI=1S/C25H23N3O3/c1-17(23(25(30)31-2)14-18-5-3-6-19(13-18)15-26)28-24(29)21-10-8-20(9-11-21)22-7-4-12-27-16-22/h3-13,16-17,23H,14H2,1-2H3,(H,28,29). The summed E-state index contributed by atoms with van der Waals surface area (Å²) in [5, 5.41) is 12.0. The number of methoxy groups -OCH3 is 1. The van der Waals surface area contributed by atoms with Crippen LogP contribution in [0.3, 0.4) is 0 Å². The maximum atomic E-state index is 12.8. The summed E-state index contributed by atoms with van der Waals surface area (Å²) in [5.74, 6) is -1.27. The van der Waals surface area contributed by atoms with Gasteiger partial charge in [-0.3, -0.25) is 14.6 Å². The minimum absolute atomic E-state index is 0.273. The van der Waals surface area contributed by atoms with Crippen LogP contribution in [0.5, 0.6) is 0 Å². The summed E-state index contributed by atoms with van der Waals surface area (Å²) < 4.78 is 4.95. The average molecular weight is 413 g/mol. The Morgan fingerprint density at radius 2 is 1.87 bits per heavy atom. The molecule has 0 bridgehead atoms. The van der Waals surface area contributed by atoms with Crippen LogP contribution >= 0.6 is 0 Å². The van der Waals surface area contributed by atoms with Crippen molar-refractivity contribution < 1.29 is 14.3 Å². The van der Waals surface area contributed by atoms with Crippen LogP contribution in [0, 0.1) is 17.2 Å². The Morgan fingerprint density at radius 3 is 2.52 bits per heavy atom. The Balaban J connectivity index is 1.71. The third-order valence-electron chi connectivity index (χ3n) is 5.12. The summed E-state index contributed by atoms with van der Waals surface area (Å²) in [6.45, 7) is 1.78. The van der Waals surface area contributed by atoms with Gasteiger partial charge in [-0.2, -0.15) is 5.26 Å². The van der Waals surface area contributed by atoms with Crippen molar-refractivity contribution in [2.75, 3.05) is 7.11 Å². The lowest BCUT2D eigenvalue weighted by Crippen LogP contribution is -2.42. The Kier molecular flexibility index (Phi) is 7.13. The van der Waals surface area contributed by atoms with Crippen molar-refractivity contribution in [1.29, 1.82) is 5.26 Å². The number of nitrogens with zero attached hydrogens (tertiary/aromatic N) is 2. The number of aromatic nitrogens is 1. The fourth-order valence-corrected chi connectivity index (χ4v) is 3.38. The molecule has 0 saturated heterocycles. The van der Waals surface area contributed by atoms with E-state index in [1.54, 1.807) is 49.6 Å². The first-order chi connectivity index (χ1) is 15.0. The topological polar surface area (TPSA) is 92.1 Å². The number of carbonyl (C=O) groups is 2. The molecule has 1 amide bonds. The van der Waals surface area contributed by atoms with Gasteiger partial charge < -0.3 is 10.1 Å². The Bertz CT molecular complexity index is 1090. The SMILES string of the molecule is COC(=O)C(Cc1cccc(C#N)c1)C(C)NC(=O)c1ccc(-c2cccnc2)cc1. The molecule has 3 aromatic rings. The maximum Gasteiger partial charge on any atom is 0.311 e. The third-order valence-corrected chi connectivity index (χ3v) is 5.12. The van der Waals surface area contributed by atoms with Crippen LogP contribution in [0.4, 0.5) is 0 Å². The van der Waals surface area contributed by atoms with E-state index in [4.69, 9.17) is 10.00 Å². The summed E-state index contributed by atoms with van der Waals surface area (Å²) >= 11 is 0. The molecule has 1 N–H and O–H groups in total. The van der Waals surface area contributed by atoms with Crippen molar-refractivity contribution in [3.05, 3.63) is 89.7 Å². The van der Waals surface area contributed by atoms with Gasteiger partial charge in [-0.25, -0.2) is 0 Å². The van der Waals surface area contributed by atoms with Crippen LogP contribution in [-0.4, -0.2) is 30.0 Å². The van der Waals surface area contributed by atoms with Crippen LogP contribution in [0.15, 0.2) is 73.1 Å². The van der Waals surface area contributed by atoms with Gasteiger partial charge in [0.15, 0.2) is 0 Å². The minimum Gasteiger partial charge on any atom is -0.469 e. The summed E-state index contributed by atoms with van der Waals surface area (Å²) in [6, 6.07) is 19.7. The molecule has 0 radical (unpaired) electrons. The zero-order valence-corrected chi connectivity index (χ0v) is 17.4. The highest BCUT2D eigenvalue weighted by atomic mass is 16.5. The molecule has 1 aromatic heterocycles. The van der Waals surface area contributed by atoms with Gasteiger partial charge in [0.25, 0.3) is 5.91 Å². The number of ether oxygens (including phenoxy) is 1. The lowest BCUT2D eigenvalue weighted by atomic mass is 9.92. The highest BCUT2D eigenvalue weighted by molar-refractivity contribution is 5.95. The third kappa shape index (κ3) is 5.55. The van der Waals surface area contributed by atoms with E-state index in [-0.39, 0.29) is 5.91 Å². The van der Waals surface area contributed by atoms with Crippen molar-refractivity contribution in [3.8, 4) is 17.2 Å². The first kappa shape index (κ1) is 21.7. The minimum atomic E-state index is -0.586. The van der Waals surface area contributed by atoms with Gasteiger partial charge in [0.1, 0.15) is 0 Å². The monoisotopic (exact) mass is 413 g/mol. The second kappa shape index (κ2) is 10.2. The molecule has 0 aliphatic heterocycles. The van der Waals surface area contributed by atoms with Crippen molar-refractivity contribution in [2.24, 2.45) is 5.92 Å². The second-order valence-corrected chi connectivity index (χ2v) is 7.23. The summed E-state index contributed by atoms with van der Waals surface area (Å²) in [6.07, 6.45) is 3.82. The number of benzene rings is 2. The highest BCUT2D eigenvalue weighted by Gasteiger charge is 2.28. The van der Waals surface area contributed by atoms with E-state index >= 15 is 0 Å². The van der Waals surface area contributed by atoms with Crippen LogP contribution in [0.1, 0.15) is 28.4 Å². The van der Waals surface area contributed by atoms with Gasteiger partial charge in [0.2, 0.25) is 0 Å². The Labute approximate surface area is 181 Å². The van der Waals surface area contributed by atoms with E-state index < -0.39 is 17.9 Å². The first-order valence-corrected chi connectivity index (χ1v) is 9.90. The fraction of sp³-hybridized carbons (Fsp3) is 0.200. The van der Waals surface area contributed by atoms with E-state index in [2.05, 4.69) is 16.4 Å². The number of carbonyl (C=O) groups excluding carboxylic acids is 2. The highest BCUT2D eigenvalue weighted by Crippen LogP contribution is 2.19. The molecular weight excluding hydrogens is 390 g/mol. The number of hydrogen-bond donors (Lipinski definition) is 1. The van der Waals surface area contributed by atoms with Crippen molar-refractivity contribution in [1.82, 2.24) is 10.3 Å². The van der Waals surface area contributed by atoms with E-state index in [1.165, 1.54) is 7.11 Å². The van der Waals surface area contributed by atoms with Crippen molar-refractivity contribution >= 4 is 11.9 Å². The molecule has 6 heteroatoms. The molecule has 6 nitrogen and oxygen atoms in total. The van der Waals surface area contributed by atoms with Gasteiger partial charge in [0, 0.05) is 24.0 Å². The Morgan fingerprint density at radius 1 is 1.10 bits per heavy atom. The number of nitrogens with one attached hydrogen (secondary N) is 1. The van der Waals surface area contributed by atoms with Gasteiger partial charge in [-0.15, -0.1) is 0 Å². The second-order valence-electron chi connectivity index (χ2n) is 7.23. The average Bonchev–Trinajstić information content (AvgIpc) is 2.82. The maximum absolute atomic E-state index is 12.8. The van der Waals surface area contributed by atoms with Gasteiger partial charge >= 0.3 is 5.97 Å². The molecule has 156 valence electrons. The molecule has 0 fully saturated rings. The van der Waals surface area contributed by atoms with Gasteiger partial charge in [-0.1, -0.05) is 30.3 Å². The molecule has 2 aromatic carbocycles. The van der Waals surface area contributed by atoms with Crippen LogP contribution in [0.25, 0.3) is 11.1 Å². The molecule has 2 unspecified atom stereocenters.